The van der Waals surface area contributed by atoms with Gasteiger partial charge in [-0.2, -0.15) is 0 Å². The van der Waals surface area contributed by atoms with Gasteiger partial charge in [-0.25, -0.2) is 0 Å². The van der Waals surface area contributed by atoms with Crippen LogP contribution in [0.3, 0.4) is 0 Å². The number of benzene rings is 1. The minimum Gasteiger partial charge on any atom is -0.506 e. The highest BCUT2D eigenvalue weighted by Crippen LogP contribution is 2.30. The van der Waals surface area contributed by atoms with Crippen molar-refractivity contribution in [3.05, 3.63) is 63.2 Å². The van der Waals surface area contributed by atoms with Crippen LogP contribution in [0.4, 0.5) is 0 Å². The van der Waals surface area contributed by atoms with Gasteiger partial charge < -0.3 is 10.8 Å². The van der Waals surface area contributed by atoms with E-state index in [-0.39, 0.29) is 10.8 Å². The Labute approximate surface area is 162 Å². The number of carbonyl (C=O) groups is 1. The molecule has 1 rings (SSSR count). The second kappa shape index (κ2) is 10.9. The summed E-state index contributed by atoms with van der Waals surface area (Å²) in [7, 11) is 0. The van der Waals surface area contributed by atoms with Crippen molar-refractivity contribution in [3.8, 4) is 5.75 Å². The van der Waals surface area contributed by atoms with Crippen LogP contribution in [0.2, 0.25) is 5.02 Å². The zero-order chi connectivity index (χ0) is 19.7. The Kier molecular flexibility index (Phi) is 9.22. The number of phenols is 1. The van der Waals surface area contributed by atoms with E-state index >= 15 is 0 Å². The van der Waals surface area contributed by atoms with Crippen molar-refractivity contribution in [3.63, 3.8) is 0 Å². The quantitative estimate of drug-likeness (QED) is 0.511. The van der Waals surface area contributed by atoms with Gasteiger partial charge in [0.15, 0.2) is 0 Å². The Bertz CT molecular complexity index is 726. The molecule has 0 aliphatic rings. The zero-order valence-corrected chi connectivity index (χ0v) is 17.0. The van der Waals surface area contributed by atoms with Gasteiger partial charge in [-0.05, 0) is 77.5 Å². The maximum absolute atomic E-state index is 11.3. The molecular weight excluding hydrogens is 346 g/mol. The van der Waals surface area contributed by atoms with Crippen molar-refractivity contribution in [1.82, 2.24) is 0 Å². The molecule has 142 valence electrons. The molecule has 1 aromatic rings. The lowest BCUT2D eigenvalue weighted by molar-refractivity contribution is 0.1000. The summed E-state index contributed by atoms with van der Waals surface area (Å²) < 4.78 is 0. The minimum absolute atomic E-state index is 0.00993. The number of phenolic OH excluding ortho intramolecular Hbond substituents is 1. The maximum Gasteiger partial charge on any atom is 0.248 e. The molecule has 0 aliphatic carbocycles. The number of nitrogens with two attached hydrogens (primary N) is 1. The van der Waals surface area contributed by atoms with Crippen LogP contribution in [0.5, 0.6) is 5.75 Å². The third-order valence-electron chi connectivity index (χ3n) is 4.22. The number of aromatic hydroxyl groups is 1. The van der Waals surface area contributed by atoms with Crippen molar-refractivity contribution in [1.29, 1.82) is 0 Å². The number of hydrogen-bond donors (Lipinski definition) is 2. The standard InChI is InChI=1S/C22H30ClNO2/c1-15(2)7-5-8-16(3)9-6-10-17(4)11-12-18-13-19(22(24)26)14-20(23)21(18)25/h7,9,11,13-14,25H,5-6,8,10,12H2,1-4H3,(H2,24,26). The molecule has 0 fully saturated rings. The summed E-state index contributed by atoms with van der Waals surface area (Å²) in [4.78, 5) is 11.3. The van der Waals surface area contributed by atoms with Gasteiger partial charge in [-0.1, -0.05) is 46.5 Å². The van der Waals surface area contributed by atoms with Gasteiger partial charge in [0, 0.05) is 5.56 Å². The molecule has 1 amide bonds. The Morgan fingerprint density at radius 2 is 1.62 bits per heavy atom. The SMILES string of the molecule is CC(C)=CCCC(C)=CCCC(C)=CCc1cc(C(N)=O)cc(Cl)c1O. The normalized spacial score (nSPS) is 12.2. The predicted octanol–water partition coefficient (Wildman–Crippen LogP) is 6.11. The molecule has 0 unspecified atom stereocenters. The number of rotatable bonds is 9. The lowest BCUT2D eigenvalue weighted by Crippen LogP contribution is -2.11. The smallest absolute Gasteiger partial charge is 0.248 e. The maximum atomic E-state index is 11.3. The Hall–Kier alpha value is -2.00. The lowest BCUT2D eigenvalue weighted by atomic mass is 10.0. The summed E-state index contributed by atoms with van der Waals surface area (Å²) in [5, 5.41) is 10.2. The molecular formula is C22H30ClNO2. The molecule has 3 N–H and O–H groups in total. The van der Waals surface area contributed by atoms with Crippen molar-refractivity contribution >= 4 is 17.5 Å². The third-order valence-corrected chi connectivity index (χ3v) is 4.51. The van der Waals surface area contributed by atoms with Crippen LogP contribution in [0.15, 0.2) is 47.1 Å². The first-order valence-electron chi connectivity index (χ1n) is 8.96. The number of primary amides is 1. The van der Waals surface area contributed by atoms with Crippen LogP contribution < -0.4 is 5.73 Å². The monoisotopic (exact) mass is 375 g/mol. The van der Waals surface area contributed by atoms with Crippen LogP contribution >= 0.6 is 11.6 Å². The van der Waals surface area contributed by atoms with E-state index in [0.29, 0.717) is 17.5 Å². The van der Waals surface area contributed by atoms with Crippen molar-refractivity contribution < 1.29 is 9.90 Å². The summed E-state index contributed by atoms with van der Waals surface area (Å²) in [6.45, 7) is 8.49. The van der Waals surface area contributed by atoms with E-state index in [0.717, 1.165) is 25.7 Å². The highest BCUT2D eigenvalue weighted by atomic mass is 35.5. The van der Waals surface area contributed by atoms with Gasteiger partial charge in [-0.15, -0.1) is 0 Å². The number of halogens is 1. The minimum atomic E-state index is -0.553. The second-order valence-corrected chi connectivity index (χ2v) is 7.40. The molecule has 0 atom stereocenters. The van der Waals surface area contributed by atoms with Crippen LogP contribution in [-0.4, -0.2) is 11.0 Å². The van der Waals surface area contributed by atoms with Crippen molar-refractivity contribution in [2.45, 2.75) is 59.8 Å². The number of allylic oxidation sites excluding steroid dienone is 6. The predicted molar refractivity (Wildman–Crippen MR) is 111 cm³/mol. The second-order valence-electron chi connectivity index (χ2n) is 6.99. The molecule has 0 aromatic heterocycles. The first kappa shape index (κ1) is 22.0. The van der Waals surface area contributed by atoms with Crippen molar-refractivity contribution in [2.75, 3.05) is 0 Å². The van der Waals surface area contributed by atoms with Gasteiger partial charge in [0.05, 0.1) is 5.02 Å². The molecule has 4 heteroatoms. The highest BCUT2D eigenvalue weighted by molar-refractivity contribution is 6.32. The molecule has 0 saturated heterocycles. The van der Waals surface area contributed by atoms with Gasteiger partial charge >= 0.3 is 0 Å². The van der Waals surface area contributed by atoms with Gasteiger partial charge in [-0.3, -0.25) is 4.79 Å². The molecule has 1 aromatic carbocycles. The van der Waals surface area contributed by atoms with E-state index in [1.54, 1.807) is 6.07 Å². The van der Waals surface area contributed by atoms with E-state index in [1.807, 2.05) is 0 Å². The summed E-state index contributed by atoms with van der Waals surface area (Å²) in [5.74, 6) is -0.543. The van der Waals surface area contributed by atoms with Crippen molar-refractivity contribution in [2.24, 2.45) is 5.73 Å². The van der Waals surface area contributed by atoms with E-state index in [1.165, 1.54) is 22.8 Å². The molecule has 26 heavy (non-hydrogen) atoms. The van der Waals surface area contributed by atoms with Crippen LogP contribution in [0.1, 0.15) is 69.3 Å². The molecule has 0 radical (unpaired) electrons. The molecule has 3 nitrogen and oxygen atoms in total. The molecule has 0 aliphatic heterocycles. The lowest BCUT2D eigenvalue weighted by Gasteiger charge is -2.07. The summed E-state index contributed by atoms with van der Waals surface area (Å²) in [6.07, 6.45) is 11.3. The Balaban J connectivity index is 2.61. The average Bonchev–Trinajstić information content (AvgIpc) is 2.55. The number of carbonyl (C=O) groups excluding carboxylic acids is 1. The van der Waals surface area contributed by atoms with Gasteiger partial charge in [0.25, 0.3) is 0 Å². The van der Waals surface area contributed by atoms with Gasteiger partial charge in [0.1, 0.15) is 5.75 Å². The molecule has 0 bridgehead atoms. The first-order valence-corrected chi connectivity index (χ1v) is 9.34. The van der Waals surface area contributed by atoms with E-state index in [4.69, 9.17) is 17.3 Å². The van der Waals surface area contributed by atoms with E-state index in [2.05, 4.69) is 45.9 Å². The number of amides is 1. The van der Waals surface area contributed by atoms with E-state index < -0.39 is 5.91 Å². The zero-order valence-electron chi connectivity index (χ0n) is 16.2. The van der Waals surface area contributed by atoms with E-state index in [9.17, 15) is 9.90 Å². The molecule has 0 heterocycles. The first-order chi connectivity index (χ1) is 12.2. The van der Waals surface area contributed by atoms with Crippen LogP contribution in [-0.2, 0) is 6.42 Å². The average molecular weight is 376 g/mol. The molecule has 0 saturated carbocycles. The molecule has 0 spiro atoms. The largest absolute Gasteiger partial charge is 0.506 e. The van der Waals surface area contributed by atoms with Crippen LogP contribution in [0, 0.1) is 0 Å². The summed E-state index contributed by atoms with van der Waals surface area (Å²) in [6, 6.07) is 2.99. The topological polar surface area (TPSA) is 63.3 Å². The summed E-state index contributed by atoms with van der Waals surface area (Å²) in [5.41, 5.74) is 10.2. The highest BCUT2D eigenvalue weighted by Gasteiger charge is 2.10. The Morgan fingerprint density at radius 1 is 1.04 bits per heavy atom. The fourth-order valence-electron chi connectivity index (χ4n) is 2.58. The fourth-order valence-corrected chi connectivity index (χ4v) is 2.82. The number of hydrogen-bond acceptors (Lipinski definition) is 2. The Morgan fingerprint density at radius 3 is 2.19 bits per heavy atom. The summed E-state index contributed by atoms with van der Waals surface area (Å²) >= 11 is 5.97. The van der Waals surface area contributed by atoms with Crippen LogP contribution in [0.25, 0.3) is 0 Å². The van der Waals surface area contributed by atoms with Gasteiger partial charge in [0.2, 0.25) is 5.91 Å². The fraction of sp³-hybridized carbons (Fsp3) is 0.409. The third kappa shape index (κ3) is 7.92.